The lowest BCUT2D eigenvalue weighted by molar-refractivity contribution is 0.955. The molecule has 3 rings (SSSR count). The van der Waals surface area contributed by atoms with Crippen molar-refractivity contribution in [1.82, 2.24) is 19.9 Å². The van der Waals surface area contributed by atoms with Gasteiger partial charge in [-0.25, -0.2) is 9.97 Å². The van der Waals surface area contributed by atoms with Crippen LogP contribution < -0.4 is 5.32 Å². The van der Waals surface area contributed by atoms with Crippen molar-refractivity contribution in [2.24, 2.45) is 0 Å². The lowest BCUT2D eigenvalue weighted by Gasteiger charge is -2.06. The molecule has 0 aliphatic heterocycles. The first-order valence-electron chi connectivity index (χ1n) is 6.04. The number of nitrogens with one attached hydrogen (secondary N) is 1. The highest BCUT2D eigenvalue weighted by atomic mass is 14.9. The molecule has 5 heteroatoms. The van der Waals surface area contributed by atoms with Crippen molar-refractivity contribution in [3.05, 3.63) is 54.4 Å². The van der Waals surface area contributed by atoms with Gasteiger partial charge in [0, 0.05) is 24.3 Å². The average Bonchev–Trinajstić information content (AvgIpc) is 2.45. The first-order chi connectivity index (χ1) is 9.31. The molecule has 0 saturated heterocycles. The van der Waals surface area contributed by atoms with E-state index in [-0.39, 0.29) is 0 Å². The van der Waals surface area contributed by atoms with Gasteiger partial charge in [-0.2, -0.15) is 0 Å². The third-order valence-corrected chi connectivity index (χ3v) is 2.78. The van der Waals surface area contributed by atoms with E-state index in [1.807, 2.05) is 31.2 Å². The van der Waals surface area contributed by atoms with Crippen LogP contribution in [-0.4, -0.2) is 19.9 Å². The van der Waals surface area contributed by atoms with Crippen LogP contribution in [0.3, 0.4) is 0 Å². The fraction of sp³-hybridized carbons (Fsp3) is 0.143. The minimum Gasteiger partial charge on any atom is -0.379 e. The van der Waals surface area contributed by atoms with Crippen LogP contribution in [0, 0.1) is 6.92 Å². The molecule has 2 aromatic heterocycles. The number of hydrogen-bond acceptors (Lipinski definition) is 5. The van der Waals surface area contributed by atoms with Crippen LogP contribution in [0.4, 0.5) is 5.69 Å². The lowest BCUT2D eigenvalue weighted by Crippen LogP contribution is -2.03. The molecule has 5 nitrogen and oxygen atoms in total. The minimum absolute atomic E-state index is 0.662. The highest BCUT2D eigenvalue weighted by Crippen LogP contribution is 2.15. The Kier molecular flexibility index (Phi) is 3.02. The van der Waals surface area contributed by atoms with Gasteiger partial charge in [0.15, 0.2) is 0 Å². The van der Waals surface area contributed by atoms with Gasteiger partial charge in [0.05, 0.1) is 23.3 Å². The number of aromatic nitrogens is 4. The van der Waals surface area contributed by atoms with Crippen LogP contribution in [0.2, 0.25) is 0 Å². The summed E-state index contributed by atoms with van der Waals surface area (Å²) in [5.74, 6) is 0.781. The molecule has 0 unspecified atom stereocenters. The van der Waals surface area contributed by atoms with Gasteiger partial charge in [0.1, 0.15) is 5.82 Å². The fourth-order valence-corrected chi connectivity index (χ4v) is 1.87. The molecule has 94 valence electrons. The van der Waals surface area contributed by atoms with Gasteiger partial charge in [-0.1, -0.05) is 0 Å². The number of benzene rings is 1. The molecule has 0 saturated carbocycles. The van der Waals surface area contributed by atoms with E-state index in [9.17, 15) is 0 Å². The van der Waals surface area contributed by atoms with Gasteiger partial charge < -0.3 is 5.32 Å². The Labute approximate surface area is 110 Å². The highest BCUT2D eigenvalue weighted by Gasteiger charge is 1.99. The quantitative estimate of drug-likeness (QED) is 0.774. The molecule has 1 N–H and O–H groups in total. The maximum absolute atomic E-state index is 4.35. The smallest absolute Gasteiger partial charge is 0.125 e. The van der Waals surface area contributed by atoms with E-state index in [4.69, 9.17) is 0 Å². The Morgan fingerprint density at radius 2 is 1.79 bits per heavy atom. The minimum atomic E-state index is 0.662. The fourth-order valence-electron chi connectivity index (χ4n) is 1.87. The van der Waals surface area contributed by atoms with Crippen molar-refractivity contribution < 1.29 is 0 Å². The Bertz CT molecular complexity index is 711. The standard InChI is InChI=1S/C14H13N5/c1-10-15-5-4-12(19-10)9-18-11-2-3-13-14(8-11)17-7-6-16-13/h2-8,18H,9H2,1H3. The molecule has 0 atom stereocenters. The van der Waals surface area contributed by atoms with Crippen LogP contribution in [-0.2, 0) is 6.54 Å². The molecule has 0 radical (unpaired) electrons. The van der Waals surface area contributed by atoms with Crippen molar-refractivity contribution in [2.45, 2.75) is 13.5 Å². The van der Waals surface area contributed by atoms with Crippen LogP contribution >= 0.6 is 0 Å². The molecule has 1 aromatic carbocycles. The predicted molar refractivity (Wildman–Crippen MR) is 73.6 cm³/mol. The van der Waals surface area contributed by atoms with Crippen molar-refractivity contribution in [2.75, 3.05) is 5.32 Å². The zero-order valence-corrected chi connectivity index (χ0v) is 10.5. The average molecular weight is 251 g/mol. The summed E-state index contributed by atoms with van der Waals surface area (Å²) in [6, 6.07) is 7.83. The van der Waals surface area contributed by atoms with Crippen LogP contribution in [0.25, 0.3) is 11.0 Å². The van der Waals surface area contributed by atoms with Gasteiger partial charge in [-0.3, -0.25) is 9.97 Å². The van der Waals surface area contributed by atoms with Gasteiger partial charge in [0.25, 0.3) is 0 Å². The summed E-state index contributed by atoms with van der Waals surface area (Å²) in [5.41, 5.74) is 3.74. The van der Waals surface area contributed by atoms with Gasteiger partial charge in [-0.15, -0.1) is 0 Å². The number of aryl methyl sites for hydroxylation is 1. The Morgan fingerprint density at radius 3 is 2.63 bits per heavy atom. The third kappa shape index (κ3) is 2.65. The summed E-state index contributed by atoms with van der Waals surface area (Å²) in [6.45, 7) is 2.55. The molecule has 0 spiro atoms. The monoisotopic (exact) mass is 251 g/mol. The van der Waals surface area contributed by atoms with Crippen molar-refractivity contribution in [3.63, 3.8) is 0 Å². The lowest BCUT2D eigenvalue weighted by atomic mass is 10.2. The van der Waals surface area contributed by atoms with Crippen molar-refractivity contribution in [3.8, 4) is 0 Å². The maximum atomic E-state index is 4.35. The summed E-state index contributed by atoms with van der Waals surface area (Å²) in [5, 5.41) is 3.32. The molecule has 19 heavy (non-hydrogen) atoms. The molecule has 2 heterocycles. The SMILES string of the molecule is Cc1nccc(CNc2ccc3nccnc3c2)n1. The van der Waals surface area contributed by atoms with E-state index in [1.165, 1.54) is 0 Å². The summed E-state index contributed by atoms with van der Waals surface area (Å²) in [4.78, 5) is 17.0. The summed E-state index contributed by atoms with van der Waals surface area (Å²) < 4.78 is 0. The van der Waals surface area contributed by atoms with Gasteiger partial charge >= 0.3 is 0 Å². The number of rotatable bonds is 3. The van der Waals surface area contributed by atoms with Gasteiger partial charge in [-0.05, 0) is 31.2 Å². The summed E-state index contributed by atoms with van der Waals surface area (Å²) in [6.07, 6.45) is 5.16. The highest BCUT2D eigenvalue weighted by molar-refractivity contribution is 5.78. The Morgan fingerprint density at radius 1 is 0.947 bits per heavy atom. The van der Waals surface area contributed by atoms with E-state index in [0.717, 1.165) is 28.2 Å². The summed E-state index contributed by atoms with van der Waals surface area (Å²) in [7, 11) is 0. The molecule has 0 amide bonds. The number of hydrogen-bond donors (Lipinski definition) is 1. The second kappa shape index (κ2) is 4.97. The zero-order chi connectivity index (χ0) is 13.1. The second-order valence-corrected chi connectivity index (χ2v) is 4.21. The van der Waals surface area contributed by atoms with E-state index in [1.54, 1.807) is 18.6 Å². The van der Waals surface area contributed by atoms with Crippen LogP contribution in [0.15, 0.2) is 42.9 Å². The van der Waals surface area contributed by atoms with Crippen molar-refractivity contribution in [1.29, 1.82) is 0 Å². The number of fused-ring (bicyclic) bond motifs is 1. The molecular weight excluding hydrogens is 238 g/mol. The third-order valence-electron chi connectivity index (χ3n) is 2.78. The largest absolute Gasteiger partial charge is 0.379 e. The number of nitrogens with zero attached hydrogens (tertiary/aromatic N) is 4. The van der Waals surface area contributed by atoms with Crippen molar-refractivity contribution >= 4 is 16.7 Å². The molecule has 0 aliphatic rings. The number of anilines is 1. The van der Waals surface area contributed by atoms with Gasteiger partial charge in [0.2, 0.25) is 0 Å². The topological polar surface area (TPSA) is 63.6 Å². The van der Waals surface area contributed by atoms with Crippen LogP contribution in [0.1, 0.15) is 11.5 Å². The molecule has 3 aromatic rings. The maximum Gasteiger partial charge on any atom is 0.125 e. The normalized spacial score (nSPS) is 10.6. The molecule has 0 bridgehead atoms. The second-order valence-electron chi connectivity index (χ2n) is 4.21. The first-order valence-corrected chi connectivity index (χ1v) is 6.04. The van der Waals surface area contributed by atoms with E-state index in [0.29, 0.717) is 6.54 Å². The molecule has 0 aliphatic carbocycles. The van der Waals surface area contributed by atoms with Crippen LogP contribution in [0.5, 0.6) is 0 Å². The Balaban J connectivity index is 1.78. The first kappa shape index (κ1) is 11.5. The predicted octanol–water partition coefficient (Wildman–Crippen LogP) is 2.34. The molecular formula is C14H13N5. The zero-order valence-electron chi connectivity index (χ0n) is 10.5. The molecule has 0 fully saturated rings. The Hall–Kier alpha value is -2.56. The van der Waals surface area contributed by atoms with E-state index >= 15 is 0 Å². The van der Waals surface area contributed by atoms with E-state index in [2.05, 4.69) is 25.3 Å². The van der Waals surface area contributed by atoms with E-state index < -0.39 is 0 Å². The summed E-state index contributed by atoms with van der Waals surface area (Å²) >= 11 is 0.